The fourth-order valence-electron chi connectivity index (χ4n) is 9.15. The van der Waals surface area contributed by atoms with Gasteiger partial charge >= 0.3 is 0 Å². The number of aliphatic hydroxyl groups excluding tert-OH is 1. The minimum Gasteiger partial charge on any atom is -0.756 e. The Morgan fingerprint density at radius 1 is 0.493 bits per heavy atom. The third-order valence-electron chi connectivity index (χ3n) is 13.9. The number of aliphatic hydroxyl groups is 1. The van der Waals surface area contributed by atoms with Crippen LogP contribution in [0.15, 0.2) is 24.3 Å². The molecule has 0 bridgehead atoms. The lowest BCUT2D eigenvalue weighted by Gasteiger charge is -2.29. The van der Waals surface area contributed by atoms with Gasteiger partial charge in [-0.05, 0) is 44.9 Å². The van der Waals surface area contributed by atoms with Gasteiger partial charge in [0.25, 0.3) is 7.82 Å². The molecule has 410 valence electrons. The van der Waals surface area contributed by atoms with Gasteiger partial charge in [0.1, 0.15) is 13.2 Å². The number of amides is 1. The number of rotatable bonds is 56. The van der Waals surface area contributed by atoms with E-state index < -0.39 is 20.0 Å². The average Bonchev–Trinajstić information content (AvgIpc) is 3.31. The second kappa shape index (κ2) is 51.9. The number of hydrogen-bond acceptors (Lipinski definition) is 6. The van der Waals surface area contributed by atoms with Crippen LogP contribution in [-0.4, -0.2) is 68.5 Å². The van der Waals surface area contributed by atoms with Crippen LogP contribution in [0.5, 0.6) is 0 Å². The fourth-order valence-corrected chi connectivity index (χ4v) is 9.87. The molecule has 3 unspecified atom stereocenters. The molecule has 0 saturated carbocycles. The zero-order valence-corrected chi connectivity index (χ0v) is 47.7. The summed E-state index contributed by atoms with van der Waals surface area (Å²) < 4.78 is 23.3. The minimum absolute atomic E-state index is 0.00128. The lowest BCUT2D eigenvalue weighted by atomic mass is 10.0. The first-order valence-electron chi connectivity index (χ1n) is 30.2. The zero-order valence-electron chi connectivity index (χ0n) is 46.8. The minimum atomic E-state index is -4.59. The Bertz CT molecular complexity index is 1170. The first kappa shape index (κ1) is 68.0. The Labute approximate surface area is 430 Å². The van der Waals surface area contributed by atoms with Crippen LogP contribution in [0.2, 0.25) is 0 Å². The fraction of sp³-hybridized carbons (Fsp3) is 0.917. The van der Waals surface area contributed by atoms with Gasteiger partial charge in [-0.15, -0.1) is 0 Å². The van der Waals surface area contributed by atoms with Gasteiger partial charge in [-0.1, -0.05) is 276 Å². The quantitative estimate of drug-likeness (QED) is 0.0272. The lowest BCUT2D eigenvalue weighted by Crippen LogP contribution is -2.45. The van der Waals surface area contributed by atoms with Gasteiger partial charge in [0.2, 0.25) is 5.91 Å². The molecule has 0 aliphatic heterocycles. The molecule has 0 heterocycles. The van der Waals surface area contributed by atoms with Crippen molar-refractivity contribution in [3.63, 3.8) is 0 Å². The SMILES string of the molecule is CCCCCCCCCCCCCC/C=C\CCCCCCCCCCCCCCCCCCCC(=O)NC(COP(=O)([O-])OCC[N+](C)(C)C)C(O)/C=C/CCCCCCCCCCCCCC. The first-order valence-corrected chi connectivity index (χ1v) is 31.7. The van der Waals surface area contributed by atoms with Crippen molar-refractivity contribution in [1.29, 1.82) is 0 Å². The Balaban J connectivity index is 3.99. The van der Waals surface area contributed by atoms with Crippen LogP contribution in [-0.2, 0) is 18.4 Å². The predicted molar refractivity (Wildman–Crippen MR) is 298 cm³/mol. The Morgan fingerprint density at radius 3 is 1.13 bits per heavy atom. The van der Waals surface area contributed by atoms with E-state index in [2.05, 4.69) is 31.3 Å². The van der Waals surface area contributed by atoms with Crippen LogP contribution in [0, 0.1) is 0 Å². The standard InChI is InChI=1S/C60H119N2O6P/c1-6-8-10-12-14-16-18-20-22-23-24-25-26-27-28-29-30-31-32-33-34-35-36-37-38-39-40-42-44-46-48-50-52-54-60(64)61-58(57-68-69(65,66)67-56-55-62(3,4)5)59(63)53-51-49-47-45-43-41-21-19-17-15-13-11-9-7-2/h27-28,51,53,58-59,63H,6-26,29-50,52,54-57H2,1-5H3,(H-,61,64,65,66)/b28-27-,53-51+. The van der Waals surface area contributed by atoms with Crippen LogP contribution in [0.4, 0.5) is 0 Å². The Morgan fingerprint density at radius 2 is 0.797 bits per heavy atom. The number of phosphoric acid groups is 1. The molecule has 0 aliphatic rings. The number of carbonyl (C=O) groups is 1. The average molecular weight is 996 g/mol. The molecule has 3 atom stereocenters. The molecule has 1 amide bonds. The van der Waals surface area contributed by atoms with Crippen LogP contribution in [0.3, 0.4) is 0 Å². The summed E-state index contributed by atoms with van der Waals surface area (Å²) in [6.07, 6.45) is 65.6. The number of carbonyl (C=O) groups excluding carboxylic acids is 1. The van der Waals surface area contributed by atoms with Crippen molar-refractivity contribution in [1.82, 2.24) is 5.32 Å². The van der Waals surface area contributed by atoms with E-state index >= 15 is 0 Å². The molecule has 0 fully saturated rings. The summed E-state index contributed by atoms with van der Waals surface area (Å²) in [6, 6.07) is -0.883. The monoisotopic (exact) mass is 995 g/mol. The normalized spacial score (nSPS) is 14.0. The van der Waals surface area contributed by atoms with Gasteiger partial charge in [0.15, 0.2) is 0 Å². The molecule has 69 heavy (non-hydrogen) atoms. The van der Waals surface area contributed by atoms with Gasteiger partial charge in [-0.3, -0.25) is 9.36 Å². The Hall–Kier alpha value is -1.02. The van der Waals surface area contributed by atoms with Crippen molar-refractivity contribution in [2.24, 2.45) is 0 Å². The van der Waals surface area contributed by atoms with Gasteiger partial charge in [-0.25, -0.2) is 0 Å². The Kier molecular flexibility index (Phi) is 51.1. The summed E-state index contributed by atoms with van der Waals surface area (Å²) in [6.45, 7) is 4.68. The molecule has 0 radical (unpaired) electrons. The number of hydrogen-bond donors (Lipinski definition) is 2. The molecule has 0 saturated heterocycles. The smallest absolute Gasteiger partial charge is 0.268 e. The molecule has 0 rings (SSSR count). The molecule has 0 spiro atoms. The van der Waals surface area contributed by atoms with E-state index in [9.17, 15) is 19.4 Å². The molecule has 9 heteroatoms. The lowest BCUT2D eigenvalue weighted by molar-refractivity contribution is -0.870. The molecule has 0 aromatic rings. The summed E-state index contributed by atoms with van der Waals surface area (Å²) in [5, 5.41) is 13.9. The van der Waals surface area contributed by atoms with E-state index in [-0.39, 0.29) is 19.1 Å². The maximum Gasteiger partial charge on any atom is 0.268 e. The second-order valence-electron chi connectivity index (χ2n) is 22.1. The van der Waals surface area contributed by atoms with Crippen LogP contribution >= 0.6 is 7.82 Å². The third-order valence-corrected chi connectivity index (χ3v) is 14.9. The molecule has 0 aromatic carbocycles. The molecule has 8 nitrogen and oxygen atoms in total. The molecular formula is C60H119N2O6P. The number of nitrogens with zero attached hydrogens (tertiary/aromatic N) is 1. The number of unbranched alkanes of at least 4 members (excludes halogenated alkanes) is 41. The predicted octanol–water partition coefficient (Wildman–Crippen LogP) is 17.7. The number of nitrogens with one attached hydrogen (secondary N) is 1. The maximum absolute atomic E-state index is 13.0. The molecule has 0 aliphatic carbocycles. The van der Waals surface area contributed by atoms with E-state index in [0.717, 1.165) is 38.5 Å². The summed E-state index contributed by atoms with van der Waals surface area (Å²) >= 11 is 0. The molecule has 2 N–H and O–H groups in total. The number of allylic oxidation sites excluding steroid dienone is 3. The van der Waals surface area contributed by atoms with Crippen LogP contribution in [0.25, 0.3) is 0 Å². The van der Waals surface area contributed by atoms with E-state index in [1.807, 2.05) is 27.2 Å². The number of quaternary nitrogens is 1. The van der Waals surface area contributed by atoms with Crippen LogP contribution < -0.4 is 10.2 Å². The molecular weight excluding hydrogens is 876 g/mol. The number of phosphoric ester groups is 1. The van der Waals surface area contributed by atoms with Gasteiger partial charge in [0.05, 0.1) is 39.9 Å². The second-order valence-corrected chi connectivity index (χ2v) is 23.5. The summed E-state index contributed by atoms with van der Waals surface area (Å²) in [7, 11) is 1.27. The van der Waals surface area contributed by atoms with E-state index in [4.69, 9.17) is 9.05 Å². The first-order chi connectivity index (χ1) is 33.5. The zero-order chi connectivity index (χ0) is 50.6. The third kappa shape index (κ3) is 54.6. The highest BCUT2D eigenvalue weighted by Gasteiger charge is 2.23. The van der Waals surface area contributed by atoms with Crippen LogP contribution in [0.1, 0.15) is 303 Å². The summed E-state index contributed by atoms with van der Waals surface area (Å²) in [5.41, 5.74) is 0. The highest BCUT2D eigenvalue weighted by molar-refractivity contribution is 7.45. The number of likely N-dealkylation sites (N-methyl/N-ethyl adjacent to an activating group) is 1. The maximum atomic E-state index is 13.0. The van der Waals surface area contributed by atoms with Crippen molar-refractivity contribution in [3.8, 4) is 0 Å². The van der Waals surface area contributed by atoms with Gasteiger partial charge in [0, 0.05) is 6.42 Å². The van der Waals surface area contributed by atoms with Crippen molar-refractivity contribution in [2.45, 2.75) is 315 Å². The topological polar surface area (TPSA) is 108 Å². The molecule has 0 aromatic heterocycles. The summed E-state index contributed by atoms with van der Waals surface area (Å²) in [4.78, 5) is 25.5. The van der Waals surface area contributed by atoms with Gasteiger partial charge < -0.3 is 28.8 Å². The highest BCUT2D eigenvalue weighted by atomic mass is 31.2. The van der Waals surface area contributed by atoms with Crippen molar-refractivity contribution in [2.75, 3.05) is 40.9 Å². The highest BCUT2D eigenvalue weighted by Crippen LogP contribution is 2.38. The summed E-state index contributed by atoms with van der Waals surface area (Å²) in [5.74, 6) is -0.193. The van der Waals surface area contributed by atoms with E-state index in [0.29, 0.717) is 17.4 Å². The largest absolute Gasteiger partial charge is 0.756 e. The van der Waals surface area contributed by atoms with E-state index in [1.54, 1.807) is 6.08 Å². The van der Waals surface area contributed by atoms with Crippen molar-refractivity contribution >= 4 is 13.7 Å². The van der Waals surface area contributed by atoms with Gasteiger partial charge in [-0.2, -0.15) is 0 Å². The van der Waals surface area contributed by atoms with Crippen molar-refractivity contribution in [3.05, 3.63) is 24.3 Å². The van der Waals surface area contributed by atoms with Crippen molar-refractivity contribution < 1.29 is 32.9 Å². The van der Waals surface area contributed by atoms with E-state index in [1.165, 1.54) is 244 Å².